The van der Waals surface area contributed by atoms with Crippen LogP contribution in [0, 0.1) is 11.3 Å². The number of rotatable bonds is 2. The Bertz CT molecular complexity index is 641. The summed E-state index contributed by atoms with van der Waals surface area (Å²) in [5, 5.41) is 8.94. The van der Waals surface area contributed by atoms with Crippen LogP contribution in [0.5, 0.6) is 0 Å². The van der Waals surface area contributed by atoms with E-state index in [-0.39, 0.29) is 17.4 Å². The number of halogens is 3. The molecule has 3 nitrogen and oxygen atoms in total. The van der Waals surface area contributed by atoms with Crippen LogP contribution in [0.4, 0.5) is 13.2 Å². The predicted molar refractivity (Wildman–Crippen MR) is 79.4 cm³/mol. The summed E-state index contributed by atoms with van der Waals surface area (Å²) < 4.78 is 37.8. The highest BCUT2D eigenvalue weighted by Gasteiger charge is 2.31. The summed E-state index contributed by atoms with van der Waals surface area (Å²) in [5.74, 6) is -0.321. The van der Waals surface area contributed by atoms with Gasteiger partial charge in [-0.25, -0.2) is 0 Å². The third-order valence-electron chi connectivity index (χ3n) is 4.06. The summed E-state index contributed by atoms with van der Waals surface area (Å²) >= 11 is 0. The summed E-state index contributed by atoms with van der Waals surface area (Å²) in [6, 6.07) is 6.97. The minimum Gasteiger partial charge on any atom is -0.337 e. The van der Waals surface area contributed by atoms with Gasteiger partial charge in [0.25, 0.3) is 5.91 Å². The van der Waals surface area contributed by atoms with Crippen LogP contribution < -0.4 is 0 Å². The SMILES string of the molecule is C/C=C(\C#N)C(=O)N1CCCC(c2ccc(C(F)(F)F)cc2)C1. The van der Waals surface area contributed by atoms with Crippen LogP contribution in [0.2, 0.25) is 0 Å². The van der Waals surface area contributed by atoms with Crippen LogP contribution in [0.3, 0.4) is 0 Å². The second-order valence-electron chi connectivity index (χ2n) is 5.52. The van der Waals surface area contributed by atoms with E-state index in [4.69, 9.17) is 5.26 Å². The molecule has 1 fully saturated rings. The Balaban J connectivity index is 2.13. The summed E-state index contributed by atoms with van der Waals surface area (Å²) in [4.78, 5) is 13.8. The van der Waals surface area contributed by atoms with Crippen molar-refractivity contribution in [2.24, 2.45) is 0 Å². The van der Waals surface area contributed by atoms with Crippen LogP contribution >= 0.6 is 0 Å². The lowest BCUT2D eigenvalue weighted by Crippen LogP contribution is -2.39. The fourth-order valence-electron chi connectivity index (χ4n) is 2.78. The molecule has 0 spiro atoms. The Morgan fingerprint density at radius 2 is 2.00 bits per heavy atom. The predicted octanol–water partition coefficient (Wildman–Crippen LogP) is 3.88. The second-order valence-corrected chi connectivity index (χ2v) is 5.52. The van der Waals surface area contributed by atoms with Crippen LogP contribution in [-0.2, 0) is 11.0 Å². The Kier molecular flexibility index (Phi) is 5.09. The lowest BCUT2D eigenvalue weighted by atomic mass is 9.90. The topological polar surface area (TPSA) is 44.1 Å². The smallest absolute Gasteiger partial charge is 0.337 e. The van der Waals surface area contributed by atoms with Crippen molar-refractivity contribution in [1.29, 1.82) is 5.26 Å². The summed E-state index contributed by atoms with van der Waals surface area (Å²) in [5.41, 5.74) is 0.207. The van der Waals surface area contributed by atoms with Gasteiger partial charge in [-0.15, -0.1) is 0 Å². The van der Waals surface area contributed by atoms with Crippen LogP contribution in [-0.4, -0.2) is 23.9 Å². The van der Waals surface area contributed by atoms with E-state index in [1.54, 1.807) is 11.8 Å². The Morgan fingerprint density at radius 3 is 2.52 bits per heavy atom. The van der Waals surface area contributed by atoms with Crippen molar-refractivity contribution in [2.75, 3.05) is 13.1 Å². The van der Waals surface area contributed by atoms with Crippen molar-refractivity contribution in [3.63, 3.8) is 0 Å². The van der Waals surface area contributed by atoms with E-state index < -0.39 is 11.7 Å². The third-order valence-corrected chi connectivity index (χ3v) is 4.06. The average molecular weight is 322 g/mol. The zero-order chi connectivity index (χ0) is 17.0. The molecular formula is C17H17F3N2O. The van der Waals surface area contributed by atoms with E-state index in [9.17, 15) is 18.0 Å². The van der Waals surface area contributed by atoms with E-state index in [1.807, 2.05) is 6.07 Å². The quantitative estimate of drug-likeness (QED) is 0.612. The normalized spacial score (nSPS) is 19.3. The summed E-state index contributed by atoms with van der Waals surface area (Å²) in [7, 11) is 0. The Labute approximate surface area is 133 Å². The van der Waals surface area contributed by atoms with Crippen molar-refractivity contribution in [3.8, 4) is 6.07 Å². The molecule has 0 saturated carbocycles. The molecule has 1 amide bonds. The number of carbonyl (C=O) groups excluding carboxylic acids is 1. The summed E-state index contributed by atoms with van der Waals surface area (Å²) in [6.07, 6.45) is -1.29. The first-order valence-electron chi connectivity index (χ1n) is 7.39. The van der Waals surface area contributed by atoms with Gasteiger partial charge in [0.1, 0.15) is 11.6 Å². The largest absolute Gasteiger partial charge is 0.416 e. The molecule has 1 heterocycles. The number of alkyl halides is 3. The molecule has 122 valence electrons. The molecule has 0 radical (unpaired) electrons. The first kappa shape index (κ1) is 17.1. The Hall–Kier alpha value is -2.29. The van der Waals surface area contributed by atoms with Gasteiger partial charge in [-0.1, -0.05) is 18.2 Å². The molecule has 1 unspecified atom stereocenters. The number of amides is 1. The van der Waals surface area contributed by atoms with Crippen molar-refractivity contribution < 1.29 is 18.0 Å². The van der Waals surface area contributed by atoms with E-state index >= 15 is 0 Å². The summed E-state index contributed by atoms with van der Waals surface area (Å²) in [6.45, 7) is 2.62. The van der Waals surface area contributed by atoms with E-state index in [2.05, 4.69) is 0 Å². The van der Waals surface area contributed by atoms with Crippen LogP contribution in [0.25, 0.3) is 0 Å². The highest BCUT2D eigenvalue weighted by atomic mass is 19.4. The van der Waals surface area contributed by atoms with Crippen LogP contribution in [0.15, 0.2) is 35.9 Å². The maximum atomic E-state index is 12.6. The maximum absolute atomic E-state index is 12.6. The van der Waals surface area contributed by atoms with Crippen molar-refractivity contribution in [1.82, 2.24) is 4.90 Å². The lowest BCUT2D eigenvalue weighted by molar-refractivity contribution is -0.137. The number of hydrogen-bond donors (Lipinski definition) is 0. The third kappa shape index (κ3) is 3.92. The van der Waals surface area contributed by atoms with Gasteiger partial charge in [0.15, 0.2) is 0 Å². The molecule has 6 heteroatoms. The number of benzene rings is 1. The van der Waals surface area contributed by atoms with Gasteiger partial charge in [0.05, 0.1) is 5.56 Å². The van der Waals surface area contributed by atoms with Gasteiger partial charge < -0.3 is 4.90 Å². The molecule has 0 aliphatic carbocycles. The monoisotopic (exact) mass is 322 g/mol. The van der Waals surface area contributed by atoms with Crippen molar-refractivity contribution >= 4 is 5.91 Å². The van der Waals surface area contributed by atoms with Crippen molar-refractivity contribution in [2.45, 2.75) is 31.9 Å². The molecule has 1 aromatic carbocycles. The van der Waals surface area contributed by atoms with Gasteiger partial charge in [0, 0.05) is 19.0 Å². The van der Waals surface area contributed by atoms with Gasteiger partial charge >= 0.3 is 6.18 Å². The van der Waals surface area contributed by atoms with Crippen LogP contribution in [0.1, 0.15) is 36.8 Å². The fraction of sp³-hybridized carbons (Fsp3) is 0.412. The van der Waals surface area contributed by atoms with Gasteiger partial charge in [-0.2, -0.15) is 18.4 Å². The number of likely N-dealkylation sites (tertiary alicyclic amines) is 1. The average Bonchev–Trinajstić information content (AvgIpc) is 2.55. The molecule has 1 aromatic rings. The molecule has 1 atom stereocenters. The maximum Gasteiger partial charge on any atom is 0.416 e. The zero-order valence-corrected chi connectivity index (χ0v) is 12.7. The fourth-order valence-corrected chi connectivity index (χ4v) is 2.78. The van der Waals surface area contributed by atoms with Gasteiger partial charge in [-0.3, -0.25) is 4.79 Å². The van der Waals surface area contributed by atoms with E-state index in [0.29, 0.717) is 13.1 Å². The van der Waals surface area contributed by atoms with Crippen molar-refractivity contribution in [3.05, 3.63) is 47.0 Å². The second kappa shape index (κ2) is 6.86. The molecule has 1 saturated heterocycles. The first-order valence-corrected chi connectivity index (χ1v) is 7.39. The zero-order valence-electron chi connectivity index (χ0n) is 12.7. The molecular weight excluding hydrogens is 305 g/mol. The minimum absolute atomic E-state index is 0.00761. The number of carbonyl (C=O) groups is 1. The number of hydrogen-bond acceptors (Lipinski definition) is 2. The number of nitriles is 1. The Morgan fingerprint density at radius 1 is 1.35 bits per heavy atom. The molecule has 1 aliphatic rings. The number of nitrogens with zero attached hydrogens (tertiary/aromatic N) is 2. The first-order chi connectivity index (χ1) is 10.9. The standard InChI is InChI=1S/C17H17F3N2O/c1-2-12(10-21)16(23)22-9-3-4-14(11-22)13-5-7-15(8-6-13)17(18,19)20/h2,5-8,14H,3-4,9,11H2,1H3/b12-2+. The molecule has 1 aliphatic heterocycles. The van der Waals surface area contributed by atoms with E-state index in [0.717, 1.165) is 30.5 Å². The number of allylic oxidation sites excluding steroid dienone is 1. The highest BCUT2D eigenvalue weighted by Crippen LogP contribution is 2.32. The lowest BCUT2D eigenvalue weighted by Gasteiger charge is -2.33. The molecule has 0 bridgehead atoms. The highest BCUT2D eigenvalue weighted by molar-refractivity contribution is 5.97. The molecule has 23 heavy (non-hydrogen) atoms. The molecule has 0 aromatic heterocycles. The minimum atomic E-state index is -4.35. The number of piperidine rings is 1. The van der Waals surface area contributed by atoms with E-state index in [1.165, 1.54) is 18.2 Å². The molecule has 2 rings (SSSR count). The molecule has 0 N–H and O–H groups in total. The van der Waals surface area contributed by atoms with Gasteiger partial charge in [0.2, 0.25) is 0 Å². The van der Waals surface area contributed by atoms with Gasteiger partial charge in [-0.05, 0) is 37.5 Å².